The van der Waals surface area contributed by atoms with Gasteiger partial charge in [0.1, 0.15) is 5.75 Å². The summed E-state index contributed by atoms with van der Waals surface area (Å²) in [6.07, 6.45) is -4.73. The average molecular weight is 390 g/mol. The standard InChI is InChI=1S/C21H21F3N2O2/c1-13-7-14(2)19(18(8-13)27-3)20(28-4,21(22,23)24)26-11-16-6-5-15(10-25)9-17(16)12-26/h5-9H,11-12H2,1-4H3. The number of methoxy groups -OCH3 is 2. The molecule has 1 heterocycles. The van der Waals surface area contributed by atoms with Gasteiger partial charge in [0.2, 0.25) is 5.72 Å². The Morgan fingerprint density at radius 1 is 1.04 bits per heavy atom. The molecule has 2 aromatic carbocycles. The van der Waals surface area contributed by atoms with Gasteiger partial charge in [-0.05, 0) is 54.3 Å². The van der Waals surface area contributed by atoms with E-state index in [4.69, 9.17) is 14.7 Å². The Morgan fingerprint density at radius 3 is 2.29 bits per heavy atom. The van der Waals surface area contributed by atoms with Crippen molar-refractivity contribution in [2.24, 2.45) is 0 Å². The van der Waals surface area contributed by atoms with E-state index in [-0.39, 0.29) is 24.4 Å². The topological polar surface area (TPSA) is 45.5 Å². The van der Waals surface area contributed by atoms with E-state index in [1.165, 1.54) is 12.0 Å². The van der Waals surface area contributed by atoms with E-state index in [1.807, 2.05) is 6.07 Å². The molecule has 0 spiro atoms. The van der Waals surface area contributed by atoms with E-state index in [0.717, 1.165) is 18.2 Å². The van der Waals surface area contributed by atoms with Crippen molar-refractivity contribution >= 4 is 0 Å². The van der Waals surface area contributed by atoms with Crippen LogP contribution in [0.15, 0.2) is 30.3 Å². The second-order valence-corrected chi connectivity index (χ2v) is 6.96. The van der Waals surface area contributed by atoms with Crippen LogP contribution in [0.25, 0.3) is 0 Å². The largest absolute Gasteiger partial charge is 0.496 e. The van der Waals surface area contributed by atoms with Crippen LogP contribution >= 0.6 is 0 Å². The molecule has 0 amide bonds. The summed E-state index contributed by atoms with van der Waals surface area (Å²) in [5.41, 5.74) is 0.353. The van der Waals surface area contributed by atoms with E-state index in [2.05, 4.69) is 0 Å². The van der Waals surface area contributed by atoms with Crippen molar-refractivity contribution < 1.29 is 22.6 Å². The van der Waals surface area contributed by atoms with Gasteiger partial charge in [-0.1, -0.05) is 12.1 Å². The van der Waals surface area contributed by atoms with E-state index in [0.29, 0.717) is 16.7 Å². The first kappa shape index (κ1) is 20.2. The van der Waals surface area contributed by atoms with Crippen LogP contribution in [0.5, 0.6) is 5.75 Å². The third kappa shape index (κ3) is 3.03. The molecule has 0 fully saturated rings. The Morgan fingerprint density at radius 2 is 1.71 bits per heavy atom. The molecule has 0 saturated heterocycles. The van der Waals surface area contributed by atoms with Gasteiger partial charge in [0.05, 0.1) is 24.3 Å². The molecule has 7 heteroatoms. The number of nitrogens with zero attached hydrogens (tertiary/aromatic N) is 2. The number of ether oxygens (including phenoxy) is 2. The minimum absolute atomic E-state index is 0.00861. The molecule has 2 aromatic rings. The minimum atomic E-state index is -4.73. The summed E-state index contributed by atoms with van der Waals surface area (Å²) < 4.78 is 54.4. The van der Waals surface area contributed by atoms with Crippen LogP contribution in [0.1, 0.15) is 33.4 Å². The van der Waals surface area contributed by atoms with Gasteiger partial charge < -0.3 is 9.47 Å². The van der Waals surface area contributed by atoms with Crippen LogP contribution < -0.4 is 4.74 Å². The van der Waals surface area contributed by atoms with Gasteiger partial charge >= 0.3 is 6.18 Å². The molecular formula is C21H21F3N2O2. The zero-order valence-electron chi connectivity index (χ0n) is 16.1. The molecule has 3 rings (SSSR count). The summed E-state index contributed by atoms with van der Waals surface area (Å²) in [6.45, 7) is 3.48. The van der Waals surface area contributed by atoms with Crippen LogP contribution in [0.3, 0.4) is 0 Å². The minimum Gasteiger partial charge on any atom is -0.496 e. The first-order chi connectivity index (χ1) is 13.2. The highest BCUT2D eigenvalue weighted by Gasteiger charge is 2.63. The number of benzene rings is 2. The molecule has 0 saturated carbocycles. The molecule has 1 atom stereocenters. The molecule has 28 heavy (non-hydrogen) atoms. The number of halogens is 3. The summed E-state index contributed by atoms with van der Waals surface area (Å²) in [5, 5.41) is 9.09. The van der Waals surface area contributed by atoms with Crippen LogP contribution in [0.2, 0.25) is 0 Å². The Kier molecular flexibility index (Phi) is 5.13. The first-order valence-corrected chi connectivity index (χ1v) is 8.72. The zero-order valence-corrected chi connectivity index (χ0v) is 16.1. The fraction of sp³-hybridized carbons (Fsp3) is 0.381. The highest BCUT2D eigenvalue weighted by atomic mass is 19.4. The van der Waals surface area contributed by atoms with Gasteiger partial charge in [-0.15, -0.1) is 0 Å². The van der Waals surface area contributed by atoms with Crippen molar-refractivity contribution in [1.82, 2.24) is 4.90 Å². The molecule has 0 bridgehead atoms. The monoisotopic (exact) mass is 390 g/mol. The Balaban J connectivity index is 2.21. The predicted molar refractivity (Wildman–Crippen MR) is 97.6 cm³/mol. The molecule has 0 aromatic heterocycles. The molecule has 0 N–H and O–H groups in total. The fourth-order valence-corrected chi connectivity index (χ4v) is 4.04. The van der Waals surface area contributed by atoms with Crippen molar-refractivity contribution in [3.05, 3.63) is 63.7 Å². The lowest BCUT2D eigenvalue weighted by atomic mass is 9.92. The number of nitriles is 1. The van der Waals surface area contributed by atoms with Gasteiger partial charge in [0, 0.05) is 20.2 Å². The second-order valence-electron chi connectivity index (χ2n) is 6.96. The van der Waals surface area contributed by atoms with E-state index in [9.17, 15) is 13.2 Å². The van der Waals surface area contributed by atoms with E-state index < -0.39 is 11.9 Å². The number of hydrogen-bond donors (Lipinski definition) is 0. The van der Waals surface area contributed by atoms with Crippen molar-refractivity contribution in [2.75, 3.05) is 14.2 Å². The van der Waals surface area contributed by atoms with Crippen LogP contribution in [0, 0.1) is 25.2 Å². The molecule has 0 aliphatic carbocycles. The highest BCUT2D eigenvalue weighted by Crippen LogP contribution is 2.51. The third-order valence-corrected chi connectivity index (χ3v) is 5.19. The fourth-order valence-electron chi connectivity index (χ4n) is 4.04. The molecule has 1 unspecified atom stereocenters. The SMILES string of the molecule is COc1cc(C)cc(C)c1C(OC)(N1Cc2ccc(C#N)cc2C1)C(F)(F)F. The van der Waals surface area contributed by atoms with Gasteiger partial charge in [0.25, 0.3) is 0 Å². The maximum atomic E-state index is 14.6. The number of aryl methyl sites for hydroxylation is 2. The van der Waals surface area contributed by atoms with Crippen molar-refractivity contribution in [2.45, 2.75) is 38.8 Å². The van der Waals surface area contributed by atoms with Crippen LogP contribution in [0.4, 0.5) is 13.2 Å². The van der Waals surface area contributed by atoms with Crippen molar-refractivity contribution in [3.63, 3.8) is 0 Å². The summed E-state index contributed by atoms with van der Waals surface area (Å²) in [7, 11) is 2.42. The van der Waals surface area contributed by atoms with Gasteiger partial charge in [-0.25, -0.2) is 0 Å². The summed E-state index contributed by atoms with van der Waals surface area (Å²) in [4.78, 5) is 1.25. The lowest BCUT2D eigenvalue weighted by Gasteiger charge is -2.43. The predicted octanol–water partition coefficient (Wildman–Crippen LogP) is 4.56. The van der Waals surface area contributed by atoms with Crippen LogP contribution in [-0.4, -0.2) is 25.3 Å². The van der Waals surface area contributed by atoms with Gasteiger partial charge in [-0.3, -0.25) is 4.90 Å². The third-order valence-electron chi connectivity index (χ3n) is 5.19. The van der Waals surface area contributed by atoms with Crippen molar-refractivity contribution in [1.29, 1.82) is 5.26 Å². The van der Waals surface area contributed by atoms with Crippen LogP contribution in [-0.2, 0) is 23.6 Å². The molecule has 0 radical (unpaired) electrons. The second kappa shape index (κ2) is 7.12. The average Bonchev–Trinajstić information content (AvgIpc) is 3.05. The zero-order chi connectivity index (χ0) is 20.7. The number of fused-ring (bicyclic) bond motifs is 1. The molecule has 1 aliphatic rings. The quantitative estimate of drug-likeness (QED) is 0.768. The first-order valence-electron chi connectivity index (χ1n) is 8.72. The molecule has 4 nitrogen and oxygen atoms in total. The Hall–Kier alpha value is -2.56. The van der Waals surface area contributed by atoms with E-state index in [1.54, 1.807) is 44.2 Å². The highest BCUT2D eigenvalue weighted by molar-refractivity contribution is 5.48. The smallest absolute Gasteiger partial charge is 0.436 e. The summed E-state index contributed by atoms with van der Waals surface area (Å²) in [6, 6.07) is 10.2. The summed E-state index contributed by atoms with van der Waals surface area (Å²) in [5.74, 6) is 0.130. The lowest BCUT2D eigenvalue weighted by Crippen LogP contribution is -2.56. The van der Waals surface area contributed by atoms with Gasteiger partial charge in [-0.2, -0.15) is 18.4 Å². The van der Waals surface area contributed by atoms with E-state index >= 15 is 0 Å². The number of rotatable bonds is 4. The van der Waals surface area contributed by atoms with Gasteiger partial charge in [0.15, 0.2) is 0 Å². The molecule has 1 aliphatic heterocycles. The van der Waals surface area contributed by atoms with Crippen molar-refractivity contribution in [3.8, 4) is 11.8 Å². The molecular weight excluding hydrogens is 369 g/mol. The molecule has 148 valence electrons. The Labute approximate surface area is 162 Å². The number of hydrogen-bond acceptors (Lipinski definition) is 4. The number of alkyl halides is 3. The maximum Gasteiger partial charge on any atom is 0.436 e. The summed E-state index contributed by atoms with van der Waals surface area (Å²) >= 11 is 0. The lowest BCUT2D eigenvalue weighted by molar-refractivity contribution is -0.337. The normalized spacial score (nSPS) is 16.4. The maximum absolute atomic E-state index is 14.6. The Bertz CT molecular complexity index is 950.